The lowest BCUT2D eigenvalue weighted by Gasteiger charge is -2.16. The van der Waals surface area contributed by atoms with Crippen molar-refractivity contribution in [1.29, 1.82) is 0 Å². The van der Waals surface area contributed by atoms with Crippen molar-refractivity contribution in [2.45, 2.75) is 18.4 Å². The third kappa shape index (κ3) is 3.59. The lowest BCUT2D eigenvalue weighted by atomic mass is 9.98. The molecule has 31 heavy (non-hydrogen) atoms. The number of benzene rings is 3. The zero-order chi connectivity index (χ0) is 21.2. The molecule has 0 spiro atoms. The maximum Gasteiger partial charge on any atom is 0.407 e. The maximum absolute atomic E-state index is 12.5. The Morgan fingerprint density at radius 1 is 0.968 bits per heavy atom. The Labute approximate surface area is 180 Å². The number of aromatic amines is 1. The number of aromatic nitrogens is 1. The Hall–Kier alpha value is -3.86. The topological polar surface area (TPSA) is 71.2 Å². The minimum atomic E-state index is -0.658. The zero-order valence-corrected chi connectivity index (χ0v) is 16.9. The van der Waals surface area contributed by atoms with Crippen LogP contribution in [0.5, 0.6) is 0 Å². The molecule has 1 aromatic heterocycles. The van der Waals surface area contributed by atoms with Gasteiger partial charge >= 0.3 is 6.09 Å². The summed E-state index contributed by atoms with van der Waals surface area (Å²) in [5.74, 6) is -0.0125. The van der Waals surface area contributed by atoms with Crippen LogP contribution < -0.4 is 5.32 Å². The van der Waals surface area contributed by atoms with E-state index in [4.69, 9.17) is 4.74 Å². The van der Waals surface area contributed by atoms with Crippen LogP contribution in [-0.2, 0) is 16.0 Å². The number of nitrogens with one attached hydrogen (secondary N) is 2. The van der Waals surface area contributed by atoms with Gasteiger partial charge in [-0.05, 0) is 33.9 Å². The van der Waals surface area contributed by atoms with Crippen molar-refractivity contribution in [2.24, 2.45) is 0 Å². The van der Waals surface area contributed by atoms with Gasteiger partial charge in [-0.2, -0.15) is 0 Å². The molecule has 2 N–H and O–H groups in total. The van der Waals surface area contributed by atoms with Crippen LogP contribution in [0, 0.1) is 0 Å². The summed E-state index contributed by atoms with van der Waals surface area (Å²) in [7, 11) is 0. The summed E-state index contributed by atoms with van der Waals surface area (Å²) >= 11 is 0. The lowest BCUT2D eigenvalue weighted by molar-refractivity contribution is -0.109. The van der Waals surface area contributed by atoms with E-state index >= 15 is 0 Å². The molecule has 0 unspecified atom stereocenters. The molecular weight excluding hydrogens is 388 g/mol. The molecule has 0 saturated carbocycles. The highest BCUT2D eigenvalue weighted by Crippen LogP contribution is 2.44. The van der Waals surface area contributed by atoms with Gasteiger partial charge in [0.05, 0.1) is 6.04 Å². The number of carbonyl (C=O) groups excluding carboxylic acids is 2. The molecule has 1 heterocycles. The predicted octanol–water partition coefficient (Wildman–Crippen LogP) is 4.82. The van der Waals surface area contributed by atoms with Crippen LogP contribution in [-0.4, -0.2) is 30.0 Å². The Morgan fingerprint density at radius 2 is 1.61 bits per heavy atom. The van der Waals surface area contributed by atoms with Crippen molar-refractivity contribution in [1.82, 2.24) is 10.3 Å². The van der Waals surface area contributed by atoms with Crippen LogP contribution in [0.1, 0.15) is 22.6 Å². The first-order chi connectivity index (χ1) is 15.2. The molecule has 1 atom stereocenters. The normalized spacial score (nSPS) is 13.4. The van der Waals surface area contributed by atoms with Crippen LogP contribution in [0.25, 0.3) is 22.0 Å². The maximum atomic E-state index is 12.5. The molecule has 3 aromatic carbocycles. The Balaban J connectivity index is 1.26. The summed E-state index contributed by atoms with van der Waals surface area (Å²) in [6.45, 7) is 0.221. The van der Waals surface area contributed by atoms with Gasteiger partial charge in [-0.3, -0.25) is 0 Å². The summed E-state index contributed by atoms with van der Waals surface area (Å²) < 4.78 is 5.56. The lowest BCUT2D eigenvalue weighted by Crippen LogP contribution is -2.38. The molecule has 0 bridgehead atoms. The zero-order valence-electron chi connectivity index (χ0n) is 16.9. The van der Waals surface area contributed by atoms with E-state index in [1.807, 2.05) is 54.7 Å². The van der Waals surface area contributed by atoms with Gasteiger partial charge < -0.3 is 19.8 Å². The van der Waals surface area contributed by atoms with Crippen LogP contribution in [0.15, 0.2) is 79.0 Å². The first-order valence-electron chi connectivity index (χ1n) is 10.4. The smallest absolute Gasteiger partial charge is 0.407 e. The fourth-order valence-corrected chi connectivity index (χ4v) is 4.46. The SMILES string of the molecule is O=C[C@@H](Cc1c[nH]c2ccccc12)NC(=O)OCC1c2ccccc2-c2ccccc21. The molecule has 5 rings (SSSR count). The number of H-pyrrole nitrogens is 1. The molecule has 5 nitrogen and oxygen atoms in total. The number of para-hydroxylation sites is 1. The minimum absolute atomic E-state index is 0.0125. The van der Waals surface area contributed by atoms with Crippen molar-refractivity contribution in [3.63, 3.8) is 0 Å². The monoisotopic (exact) mass is 410 g/mol. The minimum Gasteiger partial charge on any atom is -0.449 e. The number of ether oxygens (including phenoxy) is 1. The first kappa shape index (κ1) is 19.1. The van der Waals surface area contributed by atoms with E-state index in [9.17, 15) is 9.59 Å². The highest BCUT2D eigenvalue weighted by Gasteiger charge is 2.29. The van der Waals surface area contributed by atoms with Gasteiger partial charge in [0.15, 0.2) is 0 Å². The van der Waals surface area contributed by atoms with E-state index in [2.05, 4.69) is 34.6 Å². The number of carbonyl (C=O) groups is 2. The number of fused-ring (bicyclic) bond motifs is 4. The molecule has 1 amide bonds. The summed E-state index contributed by atoms with van der Waals surface area (Å²) in [4.78, 5) is 27.3. The number of hydrogen-bond donors (Lipinski definition) is 2. The predicted molar refractivity (Wildman–Crippen MR) is 120 cm³/mol. The number of alkyl carbamates (subject to hydrolysis) is 1. The van der Waals surface area contributed by atoms with Crippen molar-refractivity contribution >= 4 is 23.3 Å². The van der Waals surface area contributed by atoms with Gasteiger partial charge in [0.2, 0.25) is 0 Å². The molecule has 5 heteroatoms. The van der Waals surface area contributed by atoms with Crippen LogP contribution in [0.2, 0.25) is 0 Å². The van der Waals surface area contributed by atoms with Crippen molar-refractivity contribution < 1.29 is 14.3 Å². The molecule has 154 valence electrons. The number of rotatable bonds is 6. The molecule has 4 aromatic rings. The quantitative estimate of drug-likeness (QED) is 0.448. The van der Waals surface area contributed by atoms with Gasteiger partial charge in [0.1, 0.15) is 12.9 Å². The van der Waals surface area contributed by atoms with E-state index in [0.717, 1.165) is 33.9 Å². The molecule has 0 radical (unpaired) electrons. The molecule has 0 saturated heterocycles. The highest BCUT2D eigenvalue weighted by molar-refractivity contribution is 5.84. The van der Waals surface area contributed by atoms with Gasteiger partial charge in [-0.15, -0.1) is 0 Å². The first-order valence-corrected chi connectivity index (χ1v) is 10.4. The Bertz CT molecular complexity index is 1210. The summed E-state index contributed by atoms with van der Waals surface area (Å²) in [6.07, 6.45) is 2.44. The van der Waals surface area contributed by atoms with Gasteiger partial charge in [-0.1, -0.05) is 66.7 Å². The molecule has 0 fully saturated rings. The number of amides is 1. The summed E-state index contributed by atoms with van der Waals surface area (Å²) in [5.41, 5.74) is 6.65. The van der Waals surface area contributed by atoms with Crippen LogP contribution in [0.3, 0.4) is 0 Å². The standard InChI is InChI=1S/C26H22N2O3/c29-15-18(13-17-14-27-25-12-6-5-7-19(17)25)28-26(30)31-16-24-22-10-3-1-8-20(22)21-9-2-4-11-23(21)24/h1-12,14-15,18,24,27H,13,16H2,(H,28,30)/t18-/m1/s1. The Kier molecular flexibility index (Phi) is 5.00. The molecule has 1 aliphatic rings. The Morgan fingerprint density at radius 3 is 2.32 bits per heavy atom. The van der Waals surface area contributed by atoms with E-state index in [-0.39, 0.29) is 12.5 Å². The number of hydrogen-bond acceptors (Lipinski definition) is 3. The van der Waals surface area contributed by atoms with Crippen LogP contribution >= 0.6 is 0 Å². The summed E-state index contributed by atoms with van der Waals surface area (Å²) in [5, 5.41) is 3.74. The highest BCUT2D eigenvalue weighted by atomic mass is 16.5. The second kappa shape index (κ2) is 8.11. The fraction of sp³-hybridized carbons (Fsp3) is 0.154. The fourth-order valence-electron chi connectivity index (χ4n) is 4.46. The third-order valence-corrected chi connectivity index (χ3v) is 5.93. The second-order valence-electron chi connectivity index (χ2n) is 7.78. The largest absolute Gasteiger partial charge is 0.449 e. The van der Waals surface area contributed by atoms with Crippen molar-refractivity contribution in [3.05, 3.63) is 95.7 Å². The number of aldehydes is 1. The van der Waals surface area contributed by atoms with E-state index in [1.165, 1.54) is 11.1 Å². The van der Waals surface area contributed by atoms with Crippen molar-refractivity contribution in [3.8, 4) is 11.1 Å². The molecule has 1 aliphatic carbocycles. The average Bonchev–Trinajstić information content (AvgIpc) is 3.36. The average molecular weight is 410 g/mol. The third-order valence-electron chi connectivity index (χ3n) is 5.93. The molecule has 0 aliphatic heterocycles. The molecular formula is C26H22N2O3. The van der Waals surface area contributed by atoms with Crippen molar-refractivity contribution in [2.75, 3.05) is 6.61 Å². The van der Waals surface area contributed by atoms with E-state index < -0.39 is 12.1 Å². The van der Waals surface area contributed by atoms with Gasteiger partial charge in [-0.25, -0.2) is 4.79 Å². The summed E-state index contributed by atoms with van der Waals surface area (Å²) in [6, 6.07) is 23.6. The van der Waals surface area contributed by atoms with Gasteiger partial charge in [0.25, 0.3) is 0 Å². The van der Waals surface area contributed by atoms with Crippen LogP contribution in [0.4, 0.5) is 4.79 Å². The second-order valence-corrected chi connectivity index (χ2v) is 7.78. The van der Waals surface area contributed by atoms with E-state index in [0.29, 0.717) is 6.42 Å². The van der Waals surface area contributed by atoms with Gasteiger partial charge in [0, 0.05) is 29.4 Å². The van der Waals surface area contributed by atoms with E-state index in [1.54, 1.807) is 0 Å².